The molecule has 4 rings (SSSR count). The van der Waals surface area contributed by atoms with E-state index in [4.69, 9.17) is 0 Å². The van der Waals surface area contributed by atoms with Gasteiger partial charge in [-0.15, -0.1) is 0 Å². The molecule has 4 heterocycles. The summed E-state index contributed by atoms with van der Waals surface area (Å²) in [4.78, 5) is 13.3. The lowest BCUT2D eigenvalue weighted by Gasteiger charge is -2.15. The average molecular weight is 321 g/mol. The summed E-state index contributed by atoms with van der Waals surface area (Å²) in [5, 5.41) is 4.45. The SMILES string of the molecule is CC(Cn1ccnc1-c1ccn(C)n1)Cn1cnc2cccnc21. The van der Waals surface area contributed by atoms with Crippen molar-refractivity contribution in [2.24, 2.45) is 13.0 Å². The van der Waals surface area contributed by atoms with E-state index in [1.807, 2.05) is 50.2 Å². The van der Waals surface area contributed by atoms with E-state index >= 15 is 0 Å². The number of pyridine rings is 1. The number of hydrogen-bond acceptors (Lipinski definition) is 4. The highest BCUT2D eigenvalue weighted by Crippen LogP contribution is 2.18. The lowest BCUT2D eigenvalue weighted by atomic mass is 10.1. The van der Waals surface area contributed by atoms with E-state index < -0.39 is 0 Å². The zero-order chi connectivity index (χ0) is 16.5. The normalized spacial score (nSPS) is 12.8. The van der Waals surface area contributed by atoms with Gasteiger partial charge < -0.3 is 9.13 Å². The Kier molecular flexibility index (Phi) is 3.60. The molecule has 0 bridgehead atoms. The summed E-state index contributed by atoms with van der Waals surface area (Å²) in [7, 11) is 1.91. The number of imidazole rings is 2. The smallest absolute Gasteiger partial charge is 0.160 e. The molecule has 7 heteroatoms. The van der Waals surface area contributed by atoms with Gasteiger partial charge >= 0.3 is 0 Å². The Morgan fingerprint density at radius 2 is 1.88 bits per heavy atom. The molecule has 7 nitrogen and oxygen atoms in total. The third-order valence-corrected chi connectivity index (χ3v) is 4.05. The summed E-state index contributed by atoms with van der Waals surface area (Å²) in [6.45, 7) is 3.93. The van der Waals surface area contributed by atoms with E-state index in [-0.39, 0.29) is 0 Å². The minimum Gasteiger partial charge on any atom is -0.329 e. The van der Waals surface area contributed by atoms with Crippen molar-refractivity contribution in [2.75, 3.05) is 0 Å². The van der Waals surface area contributed by atoms with E-state index in [0.717, 1.165) is 35.8 Å². The van der Waals surface area contributed by atoms with Crippen LogP contribution in [0.3, 0.4) is 0 Å². The van der Waals surface area contributed by atoms with Gasteiger partial charge in [-0.3, -0.25) is 4.68 Å². The fourth-order valence-corrected chi connectivity index (χ4v) is 2.98. The molecule has 4 aromatic rings. The molecule has 0 saturated carbocycles. The van der Waals surface area contributed by atoms with Crippen LogP contribution in [0, 0.1) is 5.92 Å². The molecule has 122 valence electrons. The average Bonchev–Trinajstić information content (AvgIpc) is 3.28. The molecule has 0 aliphatic carbocycles. The van der Waals surface area contributed by atoms with Crippen molar-refractivity contribution in [3.8, 4) is 11.5 Å². The van der Waals surface area contributed by atoms with Crippen molar-refractivity contribution in [3.05, 3.63) is 49.3 Å². The Labute approximate surface area is 139 Å². The molecule has 1 unspecified atom stereocenters. The molecule has 0 aliphatic rings. The first-order valence-electron chi connectivity index (χ1n) is 7.98. The van der Waals surface area contributed by atoms with Crippen molar-refractivity contribution >= 4 is 11.2 Å². The third-order valence-electron chi connectivity index (χ3n) is 4.05. The van der Waals surface area contributed by atoms with Gasteiger partial charge in [0.15, 0.2) is 11.5 Å². The molecule has 24 heavy (non-hydrogen) atoms. The van der Waals surface area contributed by atoms with Crippen LogP contribution in [-0.2, 0) is 20.1 Å². The van der Waals surface area contributed by atoms with E-state index in [9.17, 15) is 0 Å². The molecule has 0 aromatic carbocycles. The molecule has 0 fully saturated rings. The minimum atomic E-state index is 0.404. The van der Waals surface area contributed by atoms with Crippen LogP contribution in [0.1, 0.15) is 6.92 Å². The fraction of sp³-hybridized carbons (Fsp3) is 0.294. The van der Waals surface area contributed by atoms with Crippen LogP contribution in [0.25, 0.3) is 22.7 Å². The van der Waals surface area contributed by atoms with Gasteiger partial charge in [0.2, 0.25) is 0 Å². The van der Waals surface area contributed by atoms with Crippen molar-refractivity contribution in [1.29, 1.82) is 0 Å². The lowest BCUT2D eigenvalue weighted by molar-refractivity contribution is 0.423. The highest BCUT2D eigenvalue weighted by atomic mass is 15.3. The first-order chi connectivity index (χ1) is 11.7. The zero-order valence-corrected chi connectivity index (χ0v) is 13.7. The predicted molar refractivity (Wildman–Crippen MR) is 91.1 cm³/mol. The number of rotatable bonds is 5. The van der Waals surface area contributed by atoms with E-state index in [0.29, 0.717) is 5.92 Å². The molecule has 0 N–H and O–H groups in total. The molecule has 0 aliphatic heterocycles. The summed E-state index contributed by atoms with van der Waals surface area (Å²) in [5.41, 5.74) is 2.76. The number of aryl methyl sites for hydroxylation is 1. The molecule has 0 radical (unpaired) electrons. The second kappa shape index (κ2) is 5.92. The Hall–Kier alpha value is -2.96. The van der Waals surface area contributed by atoms with Gasteiger partial charge in [-0.25, -0.2) is 15.0 Å². The van der Waals surface area contributed by atoms with Gasteiger partial charge in [-0.2, -0.15) is 5.10 Å². The molecule has 4 aromatic heterocycles. The topological polar surface area (TPSA) is 66.3 Å². The lowest BCUT2D eigenvalue weighted by Crippen LogP contribution is -2.14. The first-order valence-corrected chi connectivity index (χ1v) is 7.98. The number of aromatic nitrogens is 7. The van der Waals surface area contributed by atoms with Gasteiger partial charge in [0.05, 0.1) is 6.33 Å². The van der Waals surface area contributed by atoms with Gasteiger partial charge in [0, 0.05) is 44.9 Å². The summed E-state index contributed by atoms with van der Waals surface area (Å²) in [6.07, 6.45) is 9.43. The van der Waals surface area contributed by atoms with Crippen molar-refractivity contribution in [1.82, 2.24) is 33.9 Å². The van der Waals surface area contributed by atoms with E-state index in [1.54, 1.807) is 10.9 Å². The van der Waals surface area contributed by atoms with E-state index in [1.165, 1.54) is 0 Å². The van der Waals surface area contributed by atoms with Gasteiger partial charge in [0.25, 0.3) is 0 Å². The van der Waals surface area contributed by atoms with E-state index in [2.05, 4.69) is 36.1 Å². The van der Waals surface area contributed by atoms with Crippen LogP contribution in [0.15, 0.2) is 49.3 Å². The number of hydrogen-bond donors (Lipinski definition) is 0. The predicted octanol–water partition coefficient (Wildman–Crippen LogP) is 2.36. The third kappa shape index (κ3) is 2.68. The molecule has 0 amide bonds. The maximum atomic E-state index is 4.46. The maximum Gasteiger partial charge on any atom is 0.160 e. The van der Waals surface area contributed by atoms with Crippen molar-refractivity contribution in [3.63, 3.8) is 0 Å². The van der Waals surface area contributed by atoms with Crippen LogP contribution in [0.2, 0.25) is 0 Å². The zero-order valence-electron chi connectivity index (χ0n) is 13.7. The van der Waals surface area contributed by atoms with Crippen LogP contribution in [0.4, 0.5) is 0 Å². The molecular formula is C17H19N7. The second-order valence-corrected chi connectivity index (χ2v) is 6.13. The largest absolute Gasteiger partial charge is 0.329 e. The Balaban J connectivity index is 1.53. The van der Waals surface area contributed by atoms with Crippen molar-refractivity contribution < 1.29 is 0 Å². The number of fused-ring (bicyclic) bond motifs is 1. The van der Waals surface area contributed by atoms with Crippen molar-refractivity contribution in [2.45, 2.75) is 20.0 Å². The minimum absolute atomic E-state index is 0.404. The monoisotopic (exact) mass is 321 g/mol. The summed E-state index contributed by atoms with van der Waals surface area (Å²) in [6, 6.07) is 5.88. The summed E-state index contributed by atoms with van der Waals surface area (Å²) >= 11 is 0. The van der Waals surface area contributed by atoms with Crippen LogP contribution in [-0.4, -0.2) is 33.9 Å². The first kappa shape index (κ1) is 14.6. The fourth-order valence-electron chi connectivity index (χ4n) is 2.98. The Morgan fingerprint density at radius 3 is 2.71 bits per heavy atom. The van der Waals surface area contributed by atoms with Crippen LogP contribution < -0.4 is 0 Å². The molecule has 1 atom stereocenters. The molecule has 0 spiro atoms. The standard InChI is InChI=1S/C17H19N7/c1-13(11-24-12-20-14-4-3-6-18-16(14)24)10-23-9-7-19-17(23)15-5-8-22(2)21-15/h3-9,12-13H,10-11H2,1-2H3. The highest BCUT2D eigenvalue weighted by molar-refractivity contribution is 5.69. The van der Waals surface area contributed by atoms with Crippen LogP contribution >= 0.6 is 0 Å². The van der Waals surface area contributed by atoms with Gasteiger partial charge in [-0.1, -0.05) is 6.92 Å². The Bertz CT molecular complexity index is 962. The Morgan fingerprint density at radius 1 is 1.00 bits per heavy atom. The quantitative estimate of drug-likeness (QED) is 0.566. The van der Waals surface area contributed by atoms with Gasteiger partial charge in [0.1, 0.15) is 11.2 Å². The second-order valence-electron chi connectivity index (χ2n) is 6.13. The molecule has 0 saturated heterocycles. The summed E-state index contributed by atoms with van der Waals surface area (Å²) in [5.74, 6) is 1.30. The molecular weight excluding hydrogens is 302 g/mol. The number of nitrogens with zero attached hydrogens (tertiary/aromatic N) is 7. The maximum absolute atomic E-state index is 4.46. The van der Waals surface area contributed by atoms with Crippen LogP contribution in [0.5, 0.6) is 0 Å². The highest BCUT2D eigenvalue weighted by Gasteiger charge is 2.13. The summed E-state index contributed by atoms with van der Waals surface area (Å²) < 4.78 is 6.05. The van der Waals surface area contributed by atoms with Gasteiger partial charge in [-0.05, 0) is 24.1 Å².